The minimum Gasteiger partial charge on any atom is -0.493 e. The molecule has 3 rings (SSSR count). The molecule has 1 aromatic carbocycles. The third kappa shape index (κ3) is 2.02. The molecule has 0 saturated carbocycles. The van der Waals surface area contributed by atoms with E-state index < -0.39 is 0 Å². The number of hydrogen-bond acceptors (Lipinski definition) is 3. The quantitative estimate of drug-likeness (QED) is 0.924. The van der Waals surface area contributed by atoms with Crippen molar-refractivity contribution in [3.8, 4) is 5.75 Å². The average Bonchev–Trinajstić information content (AvgIpc) is 2.87. The third-order valence-electron chi connectivity index (χ3n) is 2.82. The molecule has 2 aromatic rings. The van der Waals surface area contributed by atoms with Gasteiger partial charge in [0.2, 0.25) is 0 Å². The fourth-order valence-electron chi connectivity index (χ4n) is 2.10. The Kier molecular flexibility index (Phi) is 2.55. The number of hydrogen-bond donors (Lipinski definition) is 1. The van der Waals surface area contributed by atoms with Gasteiger partial charge in [-0.25, -0.2) is 0 Å². The zero-order valence-corrected chi connectivity index (χ0v) is 10.8. The molecule has 0 amide bonds. The summed E-state index contributed by atoms with van der Waals surface area (Å²) >= 11 is 3.52. The first-order chi connectivity index (χ1) is 8.22. The maximum Gasteiger partial charge on any atom is 0.145 e. The first-order valence-corrected chi connectivity index (χ1v) is 6.25. The number of halogens is 1. The fraction of sp³-hybridized carbons (Fsp3) is 0.250. The zero-order valence-electron chi connectivity index (χ0n) is 9.19. The normalized spacial score (nSPS) is 13.5. The van der Waals surface area contributed by atoms with Crippen LogP contribution in [0.2, 0.25) is 0 Å². The lowest BCUT2D eigenvalue weighted by Gasteiger charge is -2.09. The van der Waals surface area contributed by atoms with Gasteiger partial charge in [-0.2, -0.15) is 5.10 Å². The number of fused-ring (bicyclic) bond motifs is 1. The van der Waals surface area contributed by atoms with Crippen LogP contribution in [0.15, 0.2) is 28.9 Å². The molecule has 0 radical (unpaired) electrons. The highest BCUT2D eigenvalue weighted by atomic mass is 79.9. The molecule has 1 aromatic heterocycles. The second-order valence-corrected chi connectivity index (χ2v) is 5.01. The van der Waals surface area contributed by atoms with Gasteiger partial charge in [-0.3, -0.25) is 4.68 Å². The average molecular weight is 294 g/mol. The summed E-state index contributed by atoms with van der Waals surface area (Å²) < 4.78 is 8.57. The predicted octanol–water partition coefficient (Wildman–Crippen LogP) is 2.21. The van der Waals surface area contributed by atoms with Crippen LogP contribution in [0.4, 0.5) is 5.82 Å². The Balaban J connectivity index is 1.98. The molecule has 88 valence electrons. The molecule has 17 heavy (non-hydrogen) atoms. The van der Waals surface area contributed by atoms with Crippen molar-refractivity contribution in [2.24, 2.45) is 0 Å². The standard InChI is InChI=1S/C12H12BrN3O/c13-10-5-8-2-4-17-12(8)9(6-10)7-16-3-1-11(14)15-16/h1,3,5-6H,2,4,7H2,(H2,14,15). The minimum atomic E-state index is 0.539. The van der Waals surface area contributed by atoms with E-state index in [0.717, 1.165) is 28.8 Å². The molecule has 1 aliphatic heterocycles. The molecular formula is C12H12BrN3O. The summed E-state index contributed by atoms with van der Waals surface area (Å²) in [6, 6.07) is 5.98. The van der Waals surface area contributed by atoms with Crippen LogP contribution in [0.25, 0.3) is 0 Å². The van der Waals surface area contributed by atoms with Gasteiger partial charge in [0.1, 0.15) is 11.6 Å². The minimum absolute atomic E-state index is 0.539. The molecule has 0 bridgehead atoms. The van der Waals surface area contributed by atoms with Crippen LogP contribution >= 0.6 is 15.9 Å². The van der Waals surface area contributed by atoms with Gasteiger partial charge in [-0.1, -0.05) is 15.9 Å². The number of nitrogen functional groups attached to an aromatic ring is 1. The van der Waals surface area contributed by atoms with Crippen LogP contribution in [-0.2, 0) is 13.0 Å². The molecule has 4 nitrogen and oxygen atoms in total. The summed E-state index contributed by atoms with van der Waals surface area (Å²) in [7, 11) is 0. The maximum absolute atomic E-state index is 5.67. The Morgan fingerprint density at radius 2 is 2.35 bits per heavy atom. The van der Waals surface area contributed by atoms with E-state index in [-0.39, 0.29) is 0 Å². The molecule has 1 aliphatic rings. The highest BCUT2D eigenvalue weighted by Crippen LogP contribution is 2.33. The predicted molar refractivity (Wildman–Crippen MR) is 69.1 cm³/mol. The van der Waals surface area contributed by atoms with Gasteiger partial charge in [0.25, 0.3) is 0 Å². The van der Waals surface area contributed by atoms with Crippen molar-refractivity contribution in [2.75, 3.05) is 12.3 Å². The Morgan fingerprint density at radius 3 is 3.12 bits per heavy atom. The van der Waals surface area contributed by atoms with Gasteiger partial charge in [-0.05, 0) is 23.8 Å². The Morgan fingerprint density at radius 1 is 1.47 bits per heavy atom. The summed E-state index contributed by atoms with van der Waals surface area (Å²) in [6.07, 6.45) is 2.85. The number of anilines is 1. The van der Waals surface area contributed by atoms with Crippen molar-refractivity contribution in [3.05, 3.63) is 40.0 Å². The first kappa shape index (κ1) is 10.7. The van der Waals surface area contributed by atoms with Crippen LogP contribution in [0.1, 0.15) is 11.1 Å². The van der Waals surface area contributed by atoms with E-state index in [2.05, 4.69) is 33.2 Å². The molecular weight excluding hydrogens is 282 g/mol. The van der Waals surface area contributed by atoms with Crippen molar-refractivity contribution in [3.63, 3.8) is 0 Å². The summed E-state index contributed by atoms with van der Waals surface area (Å²) in [6.45, 7) is 1.44. The van der Waals surface area contributed by atoms with Gasteiger partial charge in [0.15, 0.2) is 0 Å². The van der Waals surface area contributed by atoms with Crippen LogP contribution in [-0.4, -0.2) is 16.4 Å². The number of rotatable bonds is 2. The summed E-state index contributed by atoms with van der Waals surface area (Å²) in [5.41, 5.74) is 8.00. The van der Waals surface area contributed by atoms with E-state index >= 15 is 0 Å². The fourth-order valence-corrected chi connectivity index (χ4v) is 2.66. The molecule has 0 unspecified atom stereocenters. The third-order valence-corrected chi connectivity index (χ3v) is 3.28. The number of aromatic nitrogens is 2. The summed E-state index contributed by atoms with van der Waals surface area (Å²) in [5.74, 6) is 1.54. The van der Waals surface area contributed by atoms with E-state index in [1.165, 1.54) is 5.56 Å². The molecule has 2 heterocycles. The van der Waals surface area contributed by atoms with E-state index in [9.17, 15) is 0 Å². The van der Waals surface area contributed by atoms with Gasteiger partial charge in [0, 0.05) is 22.7 Å². The first-order valence-electron chi connectivity index (χ1n) is 5.45. The molecule has 2 N–H and O–H groups in total. The van der Waals surface area contributed by atoms with Crippen molar-refractivity contribution in [1.29, 1.82) is 0 Å². The lowest BCUT2D eigenvalue weighted by molar-refractivity contribution is 0.352. The zero-order chi connectivity index (χ0) is 11.8. The monoisotopic (exact) mass is 293 g/mol. The van der Waals surface area contributed by atoms with E-state index in [4.69, 9.17) is 10.5 Å². The SMILES string of the molecule is Nc1ccn(Cc2cc(Br)cc3c2OCC3)n1. The van der Waals surface area contributed by atoms with Crippen LogP contribution in [0.5, 0.6) is 5.75 Å². The van der Waals surface area contributed by atoms with Gasteiger partial charge >= 0.3 is 0 Å². The van der Waals surface area contributed by atoms with Gasteiger partial charge in [-0.15, -0.1) is 0 Å². The molecule has 0 fully saturated rings. The topological polar surface area (TPSA) is 53.1 Å². The van der Waals surface area contributed by atoms with E-state index in [1.54, 1.807) is 6.07 Å². The lowest BCUT2D eigenvalue weighted by Crippen LogP contribution is -2.03. The highest BCUT2D eigenvalue weighted by Gasteiger charge is 2.17. The number of nitrogens with zero attached hydrogens (tertiary/aromatic N) is 2. The molecule has 5 heteroatoms. The van der Waals surface area contributed by atoms with Gasteiger partial charge < -0.3 is 10.5 Å². The number of benzene rings is 1. The number of ether oxygens (including phenoxy) is 1. The molecule has 0 saturated heterocycles. The molecule has 0 aliphatic carbocycles. The van der Waals surface area contributed by atoms with Crippen LogP contribution < -0.4 is 10.5 Å². The smallest absolute Gasteiger partial charge is 0.145 e. The van der Waals surface area contributed by atoms with Crippen LogP contribution in [0, 0.1) is 0 Å². The van der Waals surface area contributed by atoms with Crippen molar-refractivity contribution in [1.82, 2.24) is 9.78 Å². The Hall–Kier alpha value is -1.49. The van der Waals surface area contributed by atoms with Gasteiger partial charge in [0.05, 0.1) is 13.2 Å². The largest absolute Gasteiger partial charge is 0.493 e. The highest BCUT2D eigenvalue weighted by molar-refractivity contribution is 9.10. The second kappa shape index (κ2) is 4.07. The van der Waals surface area contributed by atoms with E-state index in [1.807, 2.05) is 10.9 Å². The second-order valence-electron chi connectivity index (χ2n) is 4.09. The van der Waals surface area contributed by atoms with Crippen molar-refractivity contribution >= 4 is 21.7 Å². The molecule has 0 spiro atoms. The van der Waals surface area contributed by atoms with Crippen molar-refractivity contribution < 1.29 is 4.74 Å². The maximum atomic E-state index is 5.67. The lowest BCUT2D eigenvalue weighted by atomic mass is 10.1. The summed E-state index contributed by atoms with van der Waals surface area (Å²) in [4.78, 5) is 0. The summed E-state index contributed by atoms with van der Waals surface area (Å²) in [5, 5.41) is 4.18. The van der Waals surface area contributed by atoms with E-state index in [0.29, 0.717) is 12.4 Å². The molecule has 0 atom stereocenters. The number of nitrogens with two attached hydrogens (primary N) is 1. The Bertz CT molecular complexity index is 565. The Labute approximate surface area is 108 Å². The van der Waals surface area contributed by atoms with Crippen molar-refractivity contribution in [2.45, 2.75) is 13.0 Å². The van der Waals surface area contributed by atoms with Crippen LogP contribution in [0.3, 0.4) is 0 Å².